The molecule has 1 aliphatic heterocycles. The van der Waals surface area contributed by atoms with E-state index in [0.717, 1.165) is 0 Å². The van der Waals surface area contributed by atoms with Crippen LogP contribution >= 0.6 is 0 Å². The Morgan fingerprint density at radius 3 is 2.32 bits per heavy atom. The van der Waals surface area contributed by atoms with Crippen molar-refractivity contribution in [1.29, 1.82) is 0 Å². The summed E-state index contributed by atoms with van der Waals surface area (Å²) in [5.74, 6) is -1.07. The number of carbonyl (C=O) groups excluding carboxylic acids is 2. The molecule has 0 aliphatic carbocycles. The first kappa shape index (κ1) is 18.7. The Labute approximate surface area is 135 Å². The molecule has 7 heteroatoms. The summed E-state index contributed by atoms with van der Waals surface area (Å²) < 4.78 is 5.10. The van der Waals surface area contributed by atoms with Crippen molar-refractivity contribution in [1.82, 2.24) is 4.90 Å². The number of hydrogen-bond acceptors (Lipinski definition) is 5. The van der Waals surface area contributed by atoms with Crippen LogP contribution in [0.1, 0.15) is 46.5 Å². The molecule has 1 amide bonds. The van der Waals surface area contributed by atoms with Gasteiger partial charge in [-0.1, -0.05) is 6.42 Å². The molecule has 6 nitrogen and oxygen atoms in total. The molecule has 1 fully saturated rings. The van der Waals surface area contributed by atoms with Crippen LogP contribution in [0.2, 0.25) is 0 Å². The molecule has 1 N–H and O–H groups in total. The third-order valence-electron chi connectivity index (χ3n) is 3.49. The van der Waals surface area contributed by atoms with Crippen molar-refractivity contribution in [3.8, 4) is 0 Å². The molecule has 0 aromatic rings. The summed E-state index contributed by atoms with van der Waals surface area (Å²) in [5, 5.41) is 20.5. The summed E-state index contributed by atoms with van der Waals surface area (Å²) in [6.45, 7) is 5.20. The van der Waals surface area contributed by atoms with Gasteiger partial charge in [-0.15, -0.1) is 0 Å². The van der Waals surface area contributed by atoms with Crippen molar-refractivity contribution in [2.24, 2.45) is 0 Å². The van der Waals surface area contributed by atoms with E-state index in [1.807, 2.05) is 0 Å². The number of aliphatic carboxylic acids is 1. The topological polar surface area (TPSA) is 89.9 Å². The molecule has 0 bridgehead atoms. The molecule has 0 aromatic carbocycles. The maximum Gasteiger partial charge on any atom is 1.00 e. The van der Waals surface area contributed by atoms with E-state index in [0.29, 0.717) is 25.8 Å². The molecule has 19 heavy (non-hydrogen) atoms. The number of nitrogens with zero attached hydrogens (tertiary/aromatic N) is 1. The first-order valence-electron chi connectivity index (χ1n) is 6.11. The van der Waals surface area contributed by atoms with Gasteiger partial charge in [0.1, 0.15) is 0 Å². The Morgan fingerprint density at radius 2 is 1.89 bits per heavy atom. The monoisotopic (exact) mass is 281 g/mol. The Balaban J connectivity index is 0.00000324. The normalized spacial score (nSPS) is 24.8. The molecule has 104 valence electrons. The largest absolute Gasteiger partial charge is 1.00 e. The van der Waals surface area contributed by atoms with E-state index in [1.54, 1.807) is 20.8 Å². The van der Waals surface area contributed by atoms with Gasteiger partial charge in [-0.3, -0.25) is 4.90 Å². The van der Waals surface area contributed by atoms with Crippen molar-refractivity contribution >= 4 is 12.1 Å². The summed E-state index contributed by atoms with van der Waals surface area (Å²) in [4.78, 5) is 23.1. The molecule has 0 saturated carbocycles. The van der Waals surface area contributed by atoms with Gasteiger partial charge in [0.05, 0.1) is 0 Å². The second kappa shape index (κ2) is 6.92. The van der Waals surface area contributed by atoms with Crippen LogP contribution in [0.4, 0.5) is 4.79 Å². The van der Waals surface area contributed by atoms with Crippen LogP contribution in [-0.2, 0) is 9.53 Å². The Morgan fingerprint density at radius 1 is 1.32 bits per heavy atom. The van der Waals surface area contributed by atoms with Gasteiger partial charge in [-0.25, -0.2) is 4.79 Å². The predicted octanol–water partition coefficient (Wildman–Crippen LogP) is -2.76. The van der Waals surface area contributed by atoms with Gasteiger partial charge in [0.2, 0.25) is 0 Å². The molecule has 0 radical (unpaired) electrons. The van der Waals surface area contributed by atoms with E-state index in [2.05, 4.69) is 0 Å². The van der Waals surface area contributed by atoms with Crippen molar-refractivity contribution in [3.63, 3.8) is 0 Å². The summed E-state index contributed by atoms with van der Waals surface area (Å²) in [5.41, 5.74) is -2.30. The van der Waals surface area contributed by atoms with E-state index < -0.39 is 23.4 Å². The maximum atomic E-state index is 11.6. The van der Waals surface area contributed by atoms with Crippen LogP contribution in [0.5, 0.6) is 0 Å². The Kier molecular flexibility index (Phi) is 6.82. The van der Waals surface area contributed by atoms with Gasteiger partial charge in [0, 0.05) is 12.5 Å². The minimum atomic E-state index is -1.35. The van der Waals surface area contributed by atoms with Crippen LogP contribution in [-0.4, -0.2) is 39.9 Å². The summed E-state index contributed by atoms with van der Waals surface area (Å²) in [7, 11) is 0. The van der Waals surface area contributed by atoms with Crippen molar-refractivity contribution < 1.29 is 54.1 Å². The van der Waals surface area contributed by atoms with Crippen molar-refractivity contribution in [2.75, 3.05) is 6.54 Å². The number of aliphatic hydroxyl groups is 1. The molecular formula is C12H20NNaO5. The van der Waals surface area contributed by atoms with E-state index in [-0.39, 0.29) is 36.0 Å². The molecule has 0 spiro atoms. The van der Waals surface area contributed by atoms with Gasteiger partial charge in [0.15, 0.2) is 11.3 Å². The van der Waals surface area contributed by atoms with Gasteiger partial charge in [-0.2, -0.15) is 0 Å². The van der Waals surface area contributed by atoms with Crippen LogP contribution in [0.15, 0.2) is 0 Å². The number of rotatable bonds is 6. The van der Waals surface area contributed by atoms with Crippen molar-refractivity contribution in [2.45, 2.75) is 57.8 Å². The number of carboxylic acids is 1. The predicted molar refractivity (Wildman–Crippen MR) is 61.4 cm³/mol. The standard InChI is InChI=1S/C12H21NO5.Na/c1-11(2)12(3,17)13(10(16)18-11)8-6-4-5-7-9(14)15;/h17H,4-8H2,1-3H3,(H,14,15);/q;+1/p-1. The van der Waals surface area contributed by atoms with Gasteiger partial charge < -0.3 is 19.7 Å². The third-order valence-corrected chi connectivity index (χ3v) is 3.49. The number of ether oxygens (including phenoxy) is 1. The first-order valence-corrected chi connectivity index (χ1v) is 6.11. The molecule has 1 unspecified atom stereocenters. The Hall–Kier alpha value is -0.300. The second-order valence-electron chi connectivity index (χ2n) is 5.23. The quantitative estimate of drug-likeness (QED) is 0.421. The zero-order valence-electron chi connectivity index (χ0n) is 12.1. The minimum absolute atomic E-state index is 0. The fourth-order valence-electron chi connectivity index (χ4n) is 1.90. The van der Waals surface area contributed by atoms with Crippen LogP contribution in [0.25, 0.3) is 0 Å². The van der Waals surface area contributed by atoms with Crippen LogP contribution in [0, 0.1) is 0 Å². The van der Waals surface area contributed by atoms with E-state index in [4.69, 9.17) is 4.74 Å². The summed E-state index contributed by atoms with van der Waals surface area (Å²) in [6.07, 6.45) is 1.27. The van der Waals surface area contributed by atoms with Crippen molar-refractivity contribution in [3.05, 3.63) is 0 Å². The molecule has 1 rings (SSSR count). The number of carboxylic acid groups (broad SMARTS) is 1. The van der Waals surface area contributed by atoms with Crippen LogP contribution in [0.3, 0.4) is 0 Å². The summed E-state index contributed by atoms with van der Waals surface area (Å²) >= 11 is 0. The van der Waals surface area contributed by atoms with Crippen LogP contribution < -0.4 is 34.7 Å². The minimum Gasteiger partial charge on any atom is -0.550 e. The smallest absolute Gasteiger partial charge is 0.550 e. The fraction of sp³-hybridized carbons (Fsp3) is 0.833. The Bertz CT molecular complexity index is 343. The molecule has 1 atom stereocenters. The number of carbonyl (C=O) groups is 2. The van der Waals surface area contributed by atoms with Gasteiger partial charge >= 0.3 is 35.7 Å². The van der Waals surface area contributed by atoms with E-state index in [1.165, 1.54) is 4.90 Å². The average molecular weight is 281 g/mol. The average Bonchev–Trinajstić information content (AvgIpc) is 2.34. The first-order chi connectivity index (χ1) is 8.18. The number of amides is 1. The van der Waals surface area contributed by atoms with Gasteiger partial charge in [0.25, 0.3) is 0 Å². The van der Waals surface area contributed by atoms with E-state index >= 15 is 0 Å². The fourth-order valence-corrected chi connectivity index (χ4v) is 1.90. The van der Waals surface area contributed by atoms with Gasteiger partial charge in [-0.05, 0) is 40.0 Å². The molecule has 1 saturated heterocycles. The molecule has 0 aromatic heterocycles. The number of cyclic esters (lactones) is 1. The maximum absolute atomic E-state index is 11.6. The SMILES string of the molecule is CC1(C)OC(=O)N(CCCCCC(=O)[O-])C1(C)O.[Na+]. The molecule has 1 heterocycles. The second-order valence-corrected chi connectivity index (χ2v) is 5.23. The summed E-state index contributed by atoms with van der Waals surface area (Å²) in [6, 6.07) is 0. The number of unbranched alkanes of at least 4 members (excludes halogenated alkanes) is 2. The number of hydrogen-bond donors (Lipinski definition) is 1. The molecular weight excluding hydrogens is 261 g/mol. The third kappa shape index (κ3) is 4.34. The zero-order valence-corrected chi connectivity index (χ0v) is 14.1. The zero-order chi connectivity index (χ0) is 14.0. The molecule has 1 aliphatic rings. The van der Waals surface area contributed by atoms with E-state index in [9.17, 15) is 19.8 Å².